The number of nitrogens with zero attached hydrogens (tertiary/aromatic N) is 1. The van der Waals surface area contributed by atoms with Gasteiger partial charge >= 0.3 is 5.97 Å². The molecule has 1 aromatic carbocycles. The van der Waals surface area contributed by atoms with E-state index in [2.05, 4.69) is 4.98 Å². The molecule has 3 rings (SSSR count). The Morgan fingerprint density at radius 1 is 1.45 bits per heavy atom. The molecule has 0 saturated heterocycles. The van der Waals surface area contributed by atoms with Crippen LogP contribution >= 0.6 is 11.3 Å². The lowest BCUT2D eigenvalue weighted by Crippen LogP contribution is -2.10. The fourth-order valence-electron chi connectivity index (χ4n) is 2.15. The van der Waals surface area contributed by atoms with Crippen molar-refractivity contribution in [1.82, 2.24) is 4.98 Å². The summed E-state index contributed by atoms with van der Waals surface area (Å²) in [6.45, 7) is 1.24. The quantitative estimate of drug-likeness (QED) is 0.795. The first-order valence-corrected chi connectivity index (χ1v) is 7.31. The summed E-state index contributed by atoms with van der Waals surface area (Å²) in [5.74, 6) is -0.283. The van der Waals surface area contributed by atoms with Crippen molar-refractivity contribution in [2.75, 3.05) is 6.61 Å². The number of carbonyl (C=O) groups is 1. The molecule has 7 heteroatoms. The Hall–Kier alpha value is -2.67. The summed E-state index contributed by atoms with van der Waals surface area (Å²) < 4.78 is 10.8. The highest BCUT2D eigenvalue weighted by atomic mass is 32.1. The lowest BCUT2D eigenvalue weighted by Gasteiger charge is -2.07. The van der Waals surface area contributed by atoms with Gasteiger partial charge in [-0.15, -0.1) is 11.3 Å². The van der Waals surface area contributed by atoms with Crippen LogP contribution in [0.1, 0.15) is 5.76 Å². The third-order valence-electron chi connectivity index (χ3n) is 3.09. The number of aryl methyl sites for hydroxylation is 1. The van der Waals surface area contributed by atoms with Crippen molar-refractivity contribution in [3.8, 4) is 17.0 Å². The molecule has 1 N–H and O–H groups in total. The van der Waals surface area contributed by atoms with Crippen molar-refractivity contribution in [3.63, 3.8) is 0 Å². The number of fused-ring (bicyclic) bond motifs is 1. The molecule has 6 nitrogen and oxygen atoms in total. The second-order valence-corrected chi connectivity index (χ2v) is 5.30. The second-order valence-electron chi connectivity index (χ2n) is 4.58. The van der Waals surface area contributed by atoms with Gasteiger partial charge in [-0.05, 0) is 19.1 Å². The summed E-state index contributed by atoms with van der Waals surface area (Å²) in [5.41, 5.74) is 2.86. The van der Waals surface area contributed by atoms with Crippen LogP contribution in [0.2, 0.25) is 0 Å². The van der Waals surface area contributed by atoms with Gasteiger partial charge in [-0.25, -0.2) is 9.78 Å². The first kappa shape index (κ1) is 14.3. The first-order valence-electron chi connectivity index (χ1n) is 6.37. The van der Waals surface area contributed by atoms with Crippen LogP contribution in [0.25, 0.3) is 22.2 Å². The van der Waals surface area contributed by atoms with Crippen LogP contribution in [-0.2, 0) is 4.79 Å². The van der Waals surface area contributed by atoms with Crippen molar-refractivity contribution in [1.29, 1.82) is 0 Å². The van der Waals surface area contributed by atoms with Gasteiger partial charge < -0.3 is 14.3 Å². The summed E-state index contributed by atoms with van der Waals surface area (Å²) >= 11 is 1.40. The molecule has 0 aliphatic heterocycles. The lowest BCUT2D eigenvalue weighted by atomic mass is 10.1. The van der Waals surface area contributed by atoms with Crippen LogP contribution in [0.4, 0.5) is 0 Å². The fraction of sp³-hybridized carbons (Fsp3) is 0.133. The third kappa shape index (κ3) is 2.58. The Bertz CT molecular complexity index is 898. The Kier molecular flexibility index (Phi) is 3.64. The number of rotatable bonds is 4. The number of aliphatic carboxylic acids is 1. The molecule has 0 aliphatic rings. The van der Waals surface area contributed by atoms with Gasteiger partial charge in [0.25, 0.3) is 0 Å². The van der Waals surface area contributed by atoms with Crippen LogP contribution in [-0.4, -0.2) is 22.7 Å². The minimum Gasteiger partial charge on any atom is -0.482 e. The van der Waals surface area contributed by atoms with Crippen LogP contribution in [0.15, 0.2) is 38.3 Å². The third-order valence-corrected chi connectivity index (χ3v) is 3.68. The largest absolute Gasteiger partial charge is 0.482 e. The molecule has 0 unspecified atom stereocenters. The van der Waals surface area contributed by atoms with Gasteiger partial charge in [0.1, 0.15) is 17.1 Å². The van der Waals surface area contributed by atoms with E-state index in [1.165, 1.54) is 17.4 Å². The maximum absolute atomic E-state index is 12.6. The van der Waals surface area contributed by atoms with Crippen molar-refractivity contribution < 1.29 is 19.1 Å². The van der Waals surface area contributed by atoms with E-state index < -0.39 is 12.6 Å². The number of thiazole rings is 1. The smallest absolute Gasteiger partial charge is 0.341 e. The van der Waals surface area contributed by atoms with E-state index in [9.17, 15) is 9.59 Å². The molecule has 0 bridgehead atoms. The molecule has 0 fully saturated rings. The molecule has 0 saturated carbocycles. The molecule has 0 amide bonds. The molecule has 2 heterocycles. The molecule has 2 aromatic heterocycles. The Morgan fingerprint density at radius 3 is 2.95 bits per heavy atom. The number of aromatic nitrogens is 1. The summed E-state index contributed by atoms with van der Waals surface area (Å²) in [7, 11) is 0. The van der Waals surface area contributed by atoms with Crippen molar-refractivity contribution >= 4 is 28.3 Å². The maximum atomic E-state index is 12.6. The first-order chi connectivity index (χ1) is 10.6. The molecule has 0 aliphatic carbocycles. The van der Waals surface area contributed by atoms with Gasteiger partial charge in [0.2, 0.25) is 5.43 Å². The predicted molar refractivity (Wildman–Crippen MR) is 81.5 cm³/mol. The maximum Gasteiger partial charge on any atom is 0.341 e. The van der Waals surface area contributed by atoms with Crippen molar-refractivity contribution in [3.05, 3.63) is 45.1 Å². The Labute approximate surface area is 128 Å². The number of ether oxygens (including phenoxy) is 1. The van der Waals surface area contributed by atoms with E-state index in [0.717, 1.165) is 0 Å². The number of benzene rings is 1. The molecular formula is C15H11NO5S. The van der Waals surface area contributed by atoms with Gasteiger partial charge in [0.15, 0.2) is 6.61 Å². The predicted octanol–water partition coefficient (Wildman–Crippen LogP) is 2.69. The second kappa shape index (κ2) is 5.61. The number of hydrogen-bond acceptors (Lipinski definition) is 6. The molecule has 0 atom stereocenters. The van der Waals surface area contributed by atoms with Crippen LogP contribution in [0, 0.1) is 6.92 Å². The average molecular weight is 317 g/mol. The highest BCUT2D eigenvalue weighted by molar-refractivity contribution is 7.07. The topological polar surface area (TPSA) is 89.6 Å². The summed E-state index contributed by atoms with van der Waals surface area (Å²) in [6.07, 6.45) is 0. The Balaban J connectivity index is 2.11. The average Bonchev–Trinajstić information content (AvgIpc) is 2.98. The van der Waals surface area contributed by atoms with E-state index in [-0.39, 0.29) is 5.43 Å². The number of carboxylic acid groups (broad SMARTS) is 1. The highest BCUT2D eigenvalue weighted by Crippen LogP contribution is 2.26. The molecular weight excluding hydrogens is 306 g/mol. The highest BCUT2D eigenvalue weighted by Gasteiger charge is 2.15. The lowest BCUT2D eigenvalue weighted by molar-refractivity contribution is -0.139. The van der Waals surface area contributed by atoms with E-state index in [1.807, 2.05) is 0 Å². The minimum absolute atomic E-state index is 0.172. The van der Waals surface area contributed by atoms with E-state index >= 15 is 0 Å². The standard InChI is InChI=1S/C15H11NO5S/c1-8-14(11-6-22-7-16-11)15(19)10-3-2-9(4-12(10)21-8)20-5-13(17)18/h2-4,6-7H,5H2,1H3,(H,17,18). The van der Waals surface area contributed by atoms with Crippen molar-refractivity contribution in [2.24, 2.45) is 0 Å². The Morgan fingerprint density at radius 2 is 2.27 bits per heavy atom. The van der Waals surface area contributed by atoms with Crippen LogP contribution in [0.3, 0.4) is 0 Å². The summed E-state index contributed by atoms with van der Waals surface area (Å²) in [6, 6.07) is 4.62. The number of hydrogen-bond donors (Lipinski definition) is 1. The van der Waals surface area contributed by atoms with Gasteiger partial charge in [-0.1, -0.05) is 0 Å². The molecule has 3 aromatic rings. The van der Waals surface area contributed by atoms with Crippen LogP contribution in [0.5, 0.6) is 5.75 Å². The van der Waals surface area contributed by atoms with Crippen LogP contribution < -0.4 is 10.2 Å². The molecule has 0 radical (unpaired) electrons. The van der Waals surface area contributed by atoms with E-state index in [1.54, 1.807) is 29.9 Å². The zero-order valence-corrected chi connectivity index (χ0v) is 12.3. The summed E-state index contributed by atoms with van der Waals surface area (Å²) in [4.78, 5) is 27.3. The van der Waals surface area contributed by atoms with E-state index in [0.29, 0.717) is 33.7 Å². The van der Waals surface area contributed by atoms with E-state index in [4.69, 9.17) is 14.3 Å². The van der Waals surface area contributed by atoms with Crippen molar-refractivity contribution in [2.45, 2.75) is 6.92 Å². The van der Waals surface area contributed by atoms with Gasteiger partial charge in [-0.2, -0.15) is 0 Å². The fourth-order valence-corrected chi connectivity index (χ4v) is 2.70. The number of carboxylic acids is 1. The summed E-state index contributed by atoms with van der Waals surface area (Å²) in [5, 5.41) is 10.8. The normalized spacial score (nSPS) is 10.8. The molecule has 0 spiro atoms. The van der Waals surface area contributed by atoms with Gasteiger partial charge in [0.05, 0.1) is 22.2 Å². The molecule has 112 valence electrons. The molecule has 22 heavy (non-hydrogen) atoms. The monoisotopic (exact) mass is 317 g/mol. The van der Waals surface area contributed by atoms with Gasteiger partial charge in [0, 0.05) is 11.4 Å². The zero-order valence-electron chi connectivity index (χ0n) is 11.5. The minimum atomic E-state index is -1.07. The zero-order chi connectivity index (χ0) is 15.7. The van der Waals surface area contributed by atoms with Gasteiger partial charge in [-0.3, -0.25) is 4.79 Å². The SMILES string of the molecule is Cc1oc2cc(OCC(=O)O)ccc2c(=O)c1-c1cscn1.